The Morgan fingerprint density at radius 3 is 2.37 bits per heavy atom. The zero-order chi connectivity index (χ0) is 13.3. The minimum atomic E-state index is -0.213. The molecule has 3 aliphatic carbocycles. The fourth-order valence-electron chi connectivity index (χ4n) is 4.38. The van der Waals surface area contributed by atoms with Gasteiger partial charge in [0, 0.05) is 5.94 Å². The molecule has 3 saturated carbocycles. The summed E-state index contributed by atoms with van der Waals surface area (Å²) >= 11 is 0. The van der Waals surface area contributed by atoms with Crippen molar-refractivity contribution in [2.24, 2.45) is 28.9 Å². The molecule has 19 heavy (non-hydrogen) atoms. The van der Waals surface area contributed by atoms with Gasteiger partial charge in [0.1, 0.15) is 0 Å². The lowest BCUT2D eigenvalue weighted by atomic mass is 9.43. The standard InChI is InChI=1S/C14H26BNO2.ClH/c1-8(2)12(16)15-17-11-7-9-6-10(13(9,3)4)14(11,5)18-15;/h8-12H,6-7,16H2,1-5H3;1H/t9-,10-,11+,12-,14-;/m0./s1. The van der Waals surface area contributed by atoms with Gasteiger partial charge in [0.15, 0.2) is 0 Å². The molecule has 4 fully saturated rings. The maximum atomic E-state index is 6.31. The van der Waals surface area contributed by atoms with E-state index in [0.717, 1.165) is 12.3 Å². The maximum absolute atomic E-state index is 6.31. The van der Waals surface area contributed by atoms with Crippen molar-refractivity contribution in [2.75, 3.05) is 0 Å². The van der Waals surface area contributed by atoms with Gasteiger partial charge in [-0.05, 0) is 42.9 Å². The van der Waals surface area contributed by atoms with Gasteiger partial charge in [-0.2, -0.15) is 0 Å². The van der Waals surface area contributed by atoms with E-state index in [9.17, 15) is 0 Å². The molecule has 1 aliphatic heterocycles. The molecule has 2 bridgehead atoms. The summed E-state index contributed by atoms with van der Waals surface area (Å²) in [5.41, 5.74) is 6.50. The summed E-state index contributed by atoms with van der Waals surface area (Å²) in [6.07, 6.45) is 2.69. The second-order valence-electron chi connectivity index (χ2n) is 7.66. The molecule has 1 heterocycles. The molecule has 0 amide bonds. The zero-order valence-corrected chi connectivity index (χ0v) is 13.5. The predicted octanol–water partition coefficient (Wildman–Crippen LogP) is 2.66. The third-order valence-electron chi connectivity index (χ3n) is 6.05. The molecule has 5 heteroatoms. The first-order chi connectivity index (χ1) is 8.26. The molecule has 4 aliphatic rings. The van der Waals surface area contributed by atoms with Crippen molar-refractivity contribution in [1.29, 1.82) is 0 Å². The van der Waals surface area contributed by atoms with Gasteiger partial charge in [0.25, 0.3) is 0 Å². The second-order valence-corrected chi connectivity index (χ2v) is 7.66. The number of halogens is 1. The van der Waals surface area contributed by atoms with Crippen molar-refractivity contribution in [1.82, 2.24) is 0 Å². The smallest absolute Gasteiger partial charge is 0.404 e. The highest BCUT2D eigenvalue weighted by molar-refractivity contribution is 6.47. The van der Waals surface area contributed by atoms with Crippen LogP contribution in [-0.2, 0) is 9.31 Å². The van der Waals surface area contributed by atoms with Crippen molar-refractivity contribution in [3.05, 3.63) is 0 Å². The zero-order valence-electron chi connectivity index (χ0n) is 12.7. The van der Waals surface area contributed by atoms with Crippen LogP contribution in [0.5, 0.6) is 0 Å². The molecule has 0 radical (unpaired) electrons. The van der Waals surface area contributed by atoms with E-state index in [1.54, 1.807) is 0 Å². The molecule has 0 aromatic rings. The summed E-state index contributed by atoms with van der Waals surface area (Å²) in [6.45, 7) is 11.3. The normalized spacial score (nSPS) is 44.4. The lowest BCUT2D eigenvalue weighted by Crippen LogP contribution is -2.65. The molecule has 4 rings (SSSR count). The topological polar surface area (TPSA) is 44.5 Å². The average molecular weight is 288 g/mol. The molecule has 0 spiro atoms. The Balaban J connectivity index is 0.00000133. The van der Waals surface area contributed by atoms with E-state index < -0.39 is 0 Å². The first-order valence-corrected chi connectivity index (χ1v) is 7.35. The Hall–Kier alpha value is 0.235. The van der Waals surface area contributed by atoms with E-state index >= 15 is 0 Å². The van der Waals surface area contributed by atoms with Crippen LogP contribution in [0.15, 0.2) is 0 Å². The predicted molar refractivity (Wildman–Crippen MR) is 80.2 cm³/mol. The summed E-state index contributed by atoms with van der Waals surface area (Å²) in [4.78, 5) is 0. The minimum Gasteiger partial charge on any atom is -0.404 e. The highest BCUT2D eigenvalue weighted by Crippen LogP contribution is 2.65. The van der Waals surface area contributed by atoms with Crippen molar-refractivity contribution in [3.8, 4) is 0 Å². The molecule has 2 N–H and O–H groups in total. The average Bonchev–Trinajstić information content (AvgIpc) is 2.63. The van der Waals surface area contributed by atoms with Crippen LogP contribution in [-0.4, -0.2) is 24.8 Å². The van der Waals surface area contributed by atoms with Crippen LogP contribution in [0.3, 0.4) is 0 Å². The molecule has 110 valence electrons. The van der Waals surface area contributed by atoms with Gasteiger partial charge < -0.3 is 15.0 Å². The molecule has 1 saturated heterocycles. The lowest BCUT2D eigenvalue weighted by molar-refractivity contribution is -0.199. The highest BCUT2D eigenvalue weighted by atomic mass is 35.5. The summed E-state index contributed by atoms with van der Waals surface area (Å²) in [6, 6.07) is 0. The van der Waals surface area contributed by atoms with E-state index in [4.69, 9.17) is 15.0 Å². The Morgan fingerprint density at radius 2 is 1.84 bits per heavy atom. The summed E-state index contributed by atoms with van der Waals surface area (Å²) in [5, 5.41) is 0. The quantitative estimate of drug-likeness (QED) is 0.794. The summed E-state index contributed by atoms with van der Waals surface area (Å²) in [7, 11) is -0.213. The molecule has 0 aromatic carbocycles. The van der Waals surface area contributed by atoms with Crippen LogP contribution >= 0.6 is 12.4 Å². The van der Waals surface area contributed by atoms with Crippen LogP contribution in [0.4, 0.5) is 0 Å². The minimum absolute atomic E-state index is 0. The SMILES string of the molecule is CC(C)[C@H](N)B1O[C@@H]2C[C@@H]3C[C@@H](C3(C)C)[C@]2(C)O1.Cl. The van der Waals surface area contributed by atoms with E-state index in [0.29, 0.717) is 17.3 Å². The number of hydrogen-bond donors (Lipinski definition) is 1. The van der Waals surface area contributed by atoms with Crippen LogP contribution in [0.2, 0.25) is 0 Å². The van der Waals surface area contributed by atoms with Crippen LogP contribution < -0.4 is 5.73 Å². The van der Waals surface area contributed by atoms with Crippen LogP contribution in [0.25, 0.3) is 0 Å². The first-order valence-electron chi connectivity index (χ1n) is 7.35. The molecule has 0 unspecified atom stereocenters. The Kier molecular flexibility index (Phi) is 3.80. The molecule has 3 nitrogen and oxygen atoms in total. The number of hydrogen-bond acceptors (Lipinski definition) is 3. The fraction of sp³-hybridized carbons (Fsp3) is 1.00. The van der Waals surface area contributed by atoms with Crippen LogP contribution in [0, 0.1) is 23.2 Å². The summed E-state index contributed by atoms with van der Waals surface area (Å²) in [5.74, 6) is 1.80. The van der Waals surface area contributed by atoms with Crippen molar-refractivity contribution in [3.63, 3.8) is 0 Å². The number of nitrogens with two attached hydrogens (primary N) is 1. The van der Waals surface area contributed by atoms with Gasteiger partial charge in [0.05, 0.1) is 11.7 Å². The lowest BCUT2D eigenvalue weighted by Gasteiger charge is -2.64. The molecule has 0 aromatic heterocycles. The van der Waals surface area contributed by atoms with Gasteiger partial charge in [-0.15, -0.1) is 12.4 Å². The maximum Gasteiger partial charge on any atom is 0.475 e. The Morgan fingerprint density at radius 1 is 1.21 bits per heavy atom. The van der Waals surface area contributed by atoms with Gasteiger partial charge >= 0.3 is 7.12 Å². The van der Waals surface area contributed by atoms with E-state index in [2.05, 4.69) is 34.6 Å². The highest BCUT2D eigenvalue weighted by Gasteiger charge is 2.68. The van der Waals surface area contributed by atoms with Crippen LogP contribution in [0.1, 0.15) is 47.5 Å². The Bertz CT molecular complexity index is 365. The van der Waals surface area contributed by atoms with Gasteiger partial charge in [-0.3, -0.25) is 0 Å². The fourth-order valence-corrected chi connectivity index (χ4v) is 4.38. The van der Waals surface area contributed by atoms with E-state index in [-0.39, 0.29) is 37.2 Å². The summed E-state index contributed by atoms with van der Waals surface area (Å²) < 4.78 is 12.5. The Labute approximate surface area is 123 Å². The molecular formula is C14H27BClNO2. The largest absolute Gasteiger partial charge is 0.475 e. The van der Waals surface area contributed by atoms with Gasteiger partial charge in [-0.25, -0.2) is 0 Å². The molecular weight excluding hydrogens is 260 g/mol. The molecule has 5 atom stereocenters. The first kappa shape index (κ1) is 15.6. The number of rotatable bonds is 2. The monoisotopic (exact) mass is 287 g/mol. The van der Waals surface area contributed by atoms with Gasteiger partial charge in [-0.1, -0.05) is 27.7 Å². The second kappa shape index (κ2) is 4.62. The van der Waals surface area contributed by atoms with Crippen molar-refractivity contribution >= 4 is 19.5 Å². The third kappa shape index (κ3) is 1.98. The van der Waals surface area contributed by atoms with Gasteiger partial charge in [0.2, 0.25) is 0 Å². The van der Waals surface area contributed by atoms with Crippen molar-refractivity contribution < 1.29 is 9.31 Å². The van der Waals surface area contributed by atoms with Crippen molar-refractivity contribution in [2.45, 2.75) is 65.1 Å². The third-order valence-corrected chi connectivity index (χ3v) is 6.05. The van der Waals surface area contributed by atoms with E-state index in [1.807, 2.05) is 0 Å². The van der Waals surface area contributed by atoms with E-state index in [1.165, 1.54) is 6.42 Å².